The highest BCUT2D eigenvalue weighted by molar-refractivity contribution is 6.30. The summed E-state index contributed by atoms with van der Waals surface area (Å²) in [7, 11) is 0. The number of benzene rings is 1. The van der Waals surface area contributed by atoms with Crippen LogP contribution in [0.25, 0.3) is 0 Å². The summed E-state index contributed by atoms with van der Waals surface area (Å²) in [5, 5.41) is 12.0. The SMILES string of the molecule is CCOC(=O)C(C(C)=O)C(c1ccc(Cl)cc1)C(C)(C)[N+](=O)[O-]. The van der Waals surface area contributed by atoms with Crippen LogP contribution in [0.3, 0.4) is 0 Å². The van der Waals surface area contributed by atoms with Gasteiger partial charge in [-0.05, 0) is 31.5 Å². The van der Waals surface area contributed by atoms with Gasteiger partial charge in [0.15, 0.2) is 0 Å². The molecule has 0 aliphatic heterocycles. The number of hydrogen-bond donors (Lipinski definition) is 0. The lowest BCUT2D eigenvalue weighted by Crippen LogP contribution is -2.46. The molecule has 0 aliphatic carbocycles. The van der Waals surface area contributed by atoms with Crippen LogP contribution < -0.4 is 0 Å². The fourth-order valence-electron chi connectivity index (χ4n) is 2.56. The molecule has 0 spiro atoms. The van der Waals surface area contributed by atoms with E-state index >= 15 is 0 Å². The maximum Gasteiger partial charge on any atom is 0.317 e. The van der Waals surface area contributed by atoms with Gasteiger partial charge in [-0.1, -0.05) is 23.7 Å². The van der Waals surface area contributed by atoms with E-state index in [0.29, 0.717) is 10.6 Å². The standard InChI is InChI=1S/C16H20ClNO5/c1-5-23-15(20)13(10(2)19)14(16(3,4)18(21)22)11-6-8-12(17)9-7-11/h6-9,13-14H,5H2,1-4H3. The average molecular weight is 342 g/mol. The van der Waals surface area contributed by atoms with E-state index in [-0.39, 0.29) is 6.61 Å². The van der Waals surface area contributed by atoms with Crippen molar-refractivity contribution in [1.29, 1.82) is 0 Å². The van der Waals surface area contributed by atoms with Crippen LogP contribution in [0.15, 0.2) is 24.3 Å². The van der Waals surface area contributed by atoms with Gasteiger partial charge in [0.2, 0.25) is 5.54 Å². The van der Waals surface area contributed by atoms with Crippen LogP contribution in [0.5, 0.6) is 0 Å². The van der Waals surface area contributed by atoms with Crippen LogP contribution in [0.2, 0.25) is 5.02 Å². The number of ketones is 1. The first-order valence-electron chi connectivity index (χ1n) is 7.20. The zero-order valence-corrected chi connectivity index (χ0v) is 14.3. The van der Waals surface area contributed by atoms with E-state index in [1.807, 2.05) is 0 Å². The molecular weight excluding hydrogens is 322 g/mol. The quantitative estimate of drug-likeness (QED) is 0.329. The normalized spacial score (nSPS) is 14.0. The van der Waals surface area contributed by atoms with E-state index in [1.54, 1.807) is 31.2 Å². The summed E-state index contributed by atoms with van der Waals surface area (Å²) in [5.74, 6) is -3.45. The molecule has 1 aromatic rings. The van der Waals surface area contributed by atoms with Crippen molar-refractivity contribution < 1.29 is 19.2 Å². The maximum atomic E-state index is 12.2. The van der Waals surface area contributed by atoms with Crippen LogP contribution in [0.4, 0.5) is 0 Å². The van der Waals surface area contributed by atoms with Crippen LogP contribution in [0.1, 0.15) is 39.2 Å². The molecule has 23 heavy (non-hydrogen) atoms. The third-order valence-corrected chi connectivity index (χ3v) is 4.02. The first-order valence-corrected chi connectivity index (χ1v) is 7.57. The molecule has 0 aromatic heterocycles. The van der Waals surface area contributed by atoms with Gasteiger partial charge in [-0.25, -0.2) is 0 Å². The number of esters is 1. The molecule has 2 atom stereocenters. The van der Waals surface area contributed by atoms with Crippen molar-refractivity contribution in [3.8, 4) is 0 Å². The number of nitro groups is 1. The summed E-state index contributed by atoms with van der Waals surface area (Å²) < 4.78 is 4.96. The van der Waals surface area contributed by atoms with Crippen molar-refractivity contribution in [2.45, 2.75) is 39.2 Å². The Kier molecular flexibility index (Phi) is 6.27. The molecule has 7 heteroatoms. The van der Waals surface area contributed by atoms with Gasteiger partial charge >= 0.3 is 5.97 Å². The lowest BCUT2D eigenvalue weighted by Gasteiger charge is -2.31. The number of carbonyl (C=O) groups is 2. The maximum absolute atomic E-state index is 12.2. The average Bonchev–Trinajstić information content (AvgIpc) is 2.45. The minimum absolute atomic E-state index is 0.0921. The zero-order valence-electron chi connectivity index (χ0n) is 13.5. The van der Waals surface area contributed by atoms with Crippen LogP contribution in [0, 0.1) is 16.0 Å². The molecule has 0 saturated carbocycles. The number of halogens is 1. The predicted molar refractivity (Wildman–Crippen MR) is 86.1 cm³/mol. The lowest BCUT2D eigenvalue weighted by molar-refractivity contribution is -0.566. The van der Waals surface area contributed by atoms with Crippen molar-refractivity contribution in [3.63, 3.8) is 0 Å². The third-order valence-electron chi connectivity index (χ3n) is 3.77. The second kappa shape index (κ2) is 7.55. The van der Waals surface area contributed by atoms with Gasteiger partial charge in [-0.3, -0.25) is 19.7 Å². The molecule has 6 nitrogen and oxygen atoms in total. The minimum Gasteiger partial charge on any atom is -0.465 e. The second-order valence-corrected chi connectivity index (χ2v) is 6.22. The van der Waals surface area contributed by atoms with Crippen LogP contribution in [-0.2, 0) is 14.3 Å². The molecule has 0 heterocycles. The Hall–Kier alpha value is -1.95. The van der Waals surface area contributed by atoms with Gasteiger partial charge < -0.3 is 4.74 Å². The highest BCUT2D eigenvalue weighted by Gasteiger charge is 2.51. The molecule has 0 bridgehead atoms. The zero-order chi connectivity index (χ0) is 17.8. The molecule has 0 amide bonds. The molecule has 2 unspecified atom stereocenters. The van der Waals surface area contributed by atoms with E-state index in [4.69, 9.17) is 16.3 Å². The van der Waals surface area contributed by atoms with E-state index in [0.717, 1.165) is 0 Å². The van der Waals surface area contributed by atoms with Gasteiger partial charge in [0.05, 0.1) is 12.5 Å². The number of carbonyl (C=O) groups excluding carboxylic acids is 2. The Morgan fingerprint density at radius 3 is 2.22 bits per heavy atom. The fraction of sp³-hybridized carbons (Fsp3) is 0.500. The van der Waals surface area contributed by atoms with E-state index < -0.39 is 34.1 Å². The highest BCUT2D eigenvalue weighted by Crippen LogP contribution is 2.38. The lowest BCUT2D eigenvalue weighted by atomic mass is 9.72. The number of nitrogens with zero attached hydrogens (tertiary/aromatic N) is 1. The van der Waals surface area contributed by atoms with E-state index in [9.17, 15) is 19.7 Å². The molecule has 1 aromatic carbocycles. The summed E-state index contributed by atoms with van der Waals surface area (Å²) in [6.07, 6.45) is 0. The van der Waals surface area contributed by atoms with Gasteiger partial charge in [-0.2, -0.15) is 0 Å². The van der Waals surface area contributed by atoms with Crippen molar-refractivity contribution in [3.05, 3.63) is 45.0 Å². The number of rotatable bonds is 7. The summed E-state index contributed by atoms with van der Waals surface area (Å²) in [6.45, 7) is 5.73. The van der Waals surface area contributed by atoms with E-state index in [2.05, 4.69) is 0 Å². The largest absolute Gasteiger partial charge is 0.465 e. The van der Waals surface area contributed by atoms with Crippen LogP contribution >= 0.6 is 11.6 Å². The third kappa shape index (κ3) is 4.28. The van der Waals surface area contributed by atoms with Gasteiger partial charge in [-0.15, -0.1) is 0 Å². The van der Waals surface area contributed by atoms with E-state index in [1.165, 1.54) is 20.8 Å². The Balaban J connectivity index is 3.48. The van der Waals surface area contributed by atoms with Crippen molar-refractivity contribution in [2.24, 2.45) is 5.92 Å². The highest BCUT2D eigenvalue weighted by atomic mass is 35.5. The first-order chi connectivity index (χ1) is 10.6. The molecule has 126 valence electrons. The molecule has 0 fully saturated rings. The van der Waals surface area contributed by atoms with Gasteiger partial charge in [0.1, 0.15) is 11.7 Å². The Labute approximate surface area is 139 Å². The molecule has 1 rings (SSSR count). The Bertz CT molecular complexity index is 597. The summed E-state index contributed by atoms with van der Waals surface area (Å²) in [5.41, 5.74) is -1.05. The second-order valence-electron chi connectivity index (χ2n) is 5.78. The van der Waals surface area contributed by atoms with Gasteiger partial charge in [0.25, 0.3) is 0 Å². The minimum atomic E-state index is -1.54. The number of Topliss-reactive ketones (excluding diaryl/α,β-unsaturated/α-hetero) is 1. The Morgan fingerprint density at radius 1 is 1.30 bits per heavy atom. The molecule has 0 aliphatic rings. The summed E-state index contributed by atoms with van der Waals surface area (Å²) >= 11 is 5.86. The molecule has 0 saturated heterocycles. The smallest absolute Gasteiger partial charge is 0.317 e. The van der Waals surface area contributed by atoms with Gasteiger partial charge in [0, 0.05) is 23.8 Å². The molecule has 0 N–H and O–H groups in total. The van der Waals surface area contributed by atoms with Crippen molar-refractivity contribution >= 4 is 23.4 Å². The first kappa shape index (κ1) is 19.1. The van der Waals surface area contributed by atoms with Crippen LogP contribution in [-0.4, -0.2) is 28.8 Å². The van der Waals surface area contributed by atoms with Crippen molar-refractivity contribution in [1.82, 2.24) is 0 Å². The molecule has 0 radical (unpaired) electrons. The monoisotopic (exact) mass is 341 g/mol. The molecular formula is C16H20ClNO5. The summed E-state index contributed by atoms with van der Waals surface area (Å²) in [6, 6.07) is 6.32. The number of ether oxygens (including phenoxy) is 1. The Morgan fingerprint density at radius 2 is 1.83 bits per heavy atom. The topological polar surface area (TPSA) is 86.5 Å². The van der Waals surface area contributed by atoms with Crippen molar-refractivity contribution in [2.75, 3.05) is 6.61 Å². The fourth-order valence-corrected chi connectivity index (χ4v) is 2.69. The number of hydrogen-bond acceptors (Lipinski definition) is 5. The predicted octanol–water partition coefficient (Wildman–Crippen LogP) is 3.25. The summed E-state index contributed by atoms with van der Waals surface area (Å²) in [4.78, 5) is 35.3.